The summed E-state index contributed by atoms with van der Waals surface area (Å²) in [6.07, 6.45) is 17.6. The summed E-state index contributed by atoms with van der Waals surface area (Å²) in [5.74, 6) is -0.663. The molecule has 1 aliphatic rings. The third-order valence-corrected chi connectivity index (χ3v) is 4.41. The molecule has 2 unspecified atom stereocenters. The highest BCUT2D eigenvalue weighted by Crippen LogP contribution is 2.31. The molecule has 0 radical (unpaired) electrons. The molecule has 1 heterocycles. The number of hydrogen-bond acceptors (Lipinski definition) is 2. The fraction of sp³-hybridized carbons (Fsp3) is 0.944. The van der Waals surface area contributed by atoms with Gasteiger partial charge >= 0.3 is 5.97 Å². The minimum Gasteiger partial charge on any atom is -0.481 e. The molecule has 0 amide bonds. The molecule has 0 aromatic carbocycles. The lowest BCUT2D eigenvalue weighted by molar-refractivity contribution is -0.137. The smallest absolute Gasteiger partial charge is 0.303 e. The third-order valence-electron chi connectivity index (χ3n) is 4.41. The van der Waals surface area contributed by atoms with Gasteiger partial charge in [0.05, 0.1) is 12.2 Å². The van der Waals surface area contributed by atoms with Gasteiger partial charge in [-0.05, 0) is 19.3 Å². The van der Waals surface area contributed by atoms with Crippen LogP contribution in [0.15, 0.2) is 0 Å². The highest BCUT2D eigenvalue weighted by atomic mass is 16.6. The maximum atomic E-state index is 10.4. The van der Waals surface area contributed by atoms with Crippen molar-refractivity contribution in [1.29, 1.82) is 0 Å². The summed E-state index contributed by atoms with van der Waals surface area (Å²) >= 11 is 0. The lowest BCUT2D eigenvalue weighted by Crippen LogP contribution is -1.95. The van der Waals surface area contributed by atoms with Crippen molar-refractivity contribution in [3.8, 4) is 0 Å². The van der Waals surface area contributed by atoms with Crippen LogP contribution in [0.25, 0.3) is 0 Å². The van der Waals surface area contributed by atoms with Gasteiger partial charge in [0.2, 0.25) is 0 Å². The second-order valence-corrected chi connectivity index (χ2v) is 6.47. The molecule has 1 aliphatic heterocycles. The topological polar surface area (TPSA) is 49.8 Å². The molecular formula is C18H34O3. The highest BCUT2D eigenvalue weighted by molar-refractivity contribution is 5.66. The standard InChI is InChI=1S/C18H34O3/c1-2-3-4-10-13-16-17(21-16)14-11-8-6-5-7-9-12-15-18(19)20/h16-17H,2-15H2,1H3,(H,19,20). The van der Waals surface area contributed by atoms with Crippen LogP contribution < -0.4 is 0 Å². The quantitative estimate of drug-likeness (QED) is 0.329. The Morgan fingerprint density at radius 3 is 1.81 bits per heavy atom. The number of carboxylic acid groups (broad SMARTS) is 1. The van der Waals surface area contributed by atoms with Crippen LogP contribution >= 0.6 is 0 Å². The first-order valence-electron chi connectivity index (χ1n) is 9.11. The van der Waals surface area contributed by atoms with Crippen molar-refractivity contribution >= 4 is 5.97 Å². The van der Waals surface area contributed by atoms with E-state index in [1.165, 1.54) is 70.6 Å². The minimum atomic E-state index is -0.663. The molecule has 0 aromatic rings. The zero-order valence-corrected chi connectivity index (χ0v) is 13.8. The van der Waals surface area contributed by atoms with E-state index in [4.69, 9.17) is 9.84 Å². The maximum absolute atomic E-state index is 10.4. The summed E-state index contributed by atoms with van der Waals surface area (Å²) in [6, 6.07) is 0. The largest absolute Gasteiger partial charge is 0.481 e. The number of unbranched alkanes of at least 4 members (excludes halogenated alkanes) is 9. The Hall–Kier alpha value is -0.570. The first-order chi connectivity index (χ1) is 10.2. The second-order valence-electron chi connectivity index (χ2n) is 6.47. The van der Waals surface area contributed by atoms with Crippen molar-refractivity contribution in [3.05, 3.63) is 0 Å². The van der Waals surface area contributed by atoms with E-state index in [9.17, 15) is 4.79 Å². The van der Waals surface area contributed by atoms with Gasteiger partial charge < -0.3 is 9.84 Å². The normalized spacial score (nSPS) is 20.6. The zero-order chi connectivity index (χ0) is 15.3. The average molecular weight is 298 g/mol. The summed E-state index contributed by atoms with van der Waals surface area (Å²) in [7, 11) is 0. The van der Waals surface area contributed by atoms with Gasteiger partial charge in [-0.3, -0.25) is 4.79 Å². The lowest BCUT2D eigenvalue weighted by Gasteiger charge is -2.01. The number of hydrogen-bond donors (Lipinski definition) is 1. The van der Waals surface area contributed by atoms with E-state index in [1.54, 1.807) is 0 Å². The highest BCUT2D eigenvalue weighted by Gasteiger charge is 2.36. The van der Waals surface area contributed by atoms with E-state index in [1.807, 2.05) is 0 Å². The van der Waals surface area contributed by atoms with Crippen molar-refractivity contribution in [2.24, 2.45) is 0 Å². The van der Waals surface area contributed by atoms with E-state index >= 15 is 0 Å². The Kier molecular flexibility index (Phi) is 10.6. The fourth-order valence-electron chi connectivity index (χ4n) is 2.96. The van der Waals surface area contributed by atoms with Crippen LogP contribution in [0.2, 0.25) is 0 Å². The monoisotopic (exact) mass is 298 g/mol. The van der Waals surface area contributed by atoms with Gasteiger partial charge in [0, 0.05) is 6.42 Å². The summed E-state index contributed by atoms with van der Waals surface area (Å²) in [5.41, 5.74) is 0. The van der Waals surface area contributed by atoms with E-state index in [0.29, 0.717) is 18.6 Å². The van der Waals surface area contributed by atoms with E-state index in [0.717, 1.165) is 12.8 Å². The van der Waals surface area contributed by atoms with E-state index in [2.05, 4.69) is 6.92 Å². The Labute approximate surface area is 130 Å². The average Bonchev–Trinajstić information content (AvgIpc) is 3.20. The predicted molar refractivity (Wildman–Crippen MR) is 86.6 cm³/mol. The van der Waals surface area contributed by atoms with Gasteiger partial charge in [-0.15, -0.1) is 0 Å². The molecule has 3 nitrogen and oxygen atoms in total. The number of rotatable bonds is 15. The predicted octanol–water partition coefficient (Wildman–Crippen LogP) is 5.32. The molecule has 2 atom stereocenters. The Morgan fingerprint density at radius 1 is 0.810 bits per heavy atom. The molecule has 1 rings (SSSR count). The molecule has 0 bridgehead atoms. The number of aliphatic carboxylic acids is 1. The third kappa shape index (κ3) is 10.8. The van der Waals surface area contributed by atoms with Gasteiger partial charge in [0.1, 0.15) is 0 Å². The number of ether oxygens (including phenoxy) is 1. The van der Waals surface area contributed by atoms with Crippen LogP contribution in [-0.2, 0) is 9.53 Å². The van der Waals surface area contributed by atoms with Crippen LogP contribution in [0.5, 0.6) is 0 Å². The van der Waals surface area contributed by atoms with E-state index < -0.39 is 5.97 Å². The summed E-state index contributed by atoms with van der Waals surface area (Å²) in [4.78, 5) is 10.4. The van der Waals surface area contributed by atoms with Gasteiger partial charge in [-0.25, -0.2) is 0 Å². The van der Waals surface area contributed by atoms with Crippen molar-refractivity contribution in [1.82, 2.24) is 0 Å². The Morgan fingerprint density at radius 2 is 1.29 bits per heavy atom. The fourth-order valence-corrected chi connectivity index (χ4v) is 2.96. The van der Waals surface area contributed by atoms with Gasteiger partial charge in [0.15, 0.2) is 0 Å². The number of epoxide rings is 1. The Balaban J connectivity index is 1.75. The van der Waals surface area contributed by atoms with Crippen LogP contribution in [0.1, 0.15) is 96.8 Å². The SMILES string of the molecule is CCCCCCC1OC1CCCCCCCCCC(=O)O. The molecule has 1 fully saturated rings. The molecule has 0 spiro atoms. The molecule has 0 aliphatic carbocycles. The van der Waals surface area contributed by atoms with Crippen molar-refractivity contribution < 1.29 is 14.6 Å². The van der Waals surface area contributed by atoms with Gasteiger partial charge in [-0.1, -0.05) is 71.1 Å². The lowest BCUT2D eigenvalue weighted by atomic mass is 10.0. The summed E-state index contributed by atoms with van der Waals surface area (Å²) in [6.45, 7) is 2.25. The van der Waals surface area contributed by atoms with Crippen molar-refractivity contribution in [3.63, 3.8) is 0 Å². The van der Waals surface area contributed by atoms with Gasteiger partial charge in [-0.2, -0.15) is 0 Å². The molecule has 0 aromatic heterocycles. The first-order valence-corrected chi connectivity index (χ1v) is 9.11. The molecule has 21 heavy (non-hydrogen) atoms. The molecule has 1 N–H and O–H groups in total. The van der Waals surface area contributed by atoms with Crippen LogP contribution in [0.3, 0.4) is 0 Å². The number of carbonyl (C=O) groups is 1. The second kappa shape index (κ2) is 12.0. The minimum absolute atomic E-state index is 0.332. The molecule has 1 saturated heterocycles. The van der Waals surface area contributed by atoms with Crippen LogP contribution in [0.4, 0.5) is 0 Å². The summed E-state index contributed by atoms with van der Waals surface area (Å²) < 4.78 is 5.72. The first kappa shape index (κ1) is 18.5. The summed E-state index contributed by atoms with van der Waals surface area (Å²) in [5, 5.41) is 8.53. The zero-order valence-electron chi connectivity index (χ0n) is 13.8. The molecule has 3 heteroatoms. The molecule has 124 valence electrons. The van der Waals surface area contributed by atoms with Crippen molar-refractivity contribution in [2.75, 3.05) is 0 Å². The molecule has 0 saturated carbocycles. The number of carboxylic acids is 1. The van der Waals surface area contributed by atoms with Crippen LogP contribution in [0, 0.1) is 0 Å². The Bertz CT molecular complexity index is 265. The van der Waals surface area contributed by atoms with Gasteiger partial charge in [0.25, 0.3) is 0 Å². The van der Waals surface area contributed by atoms with Crippen molar-refractivity contribution in [2.45, 2.75) is 109 Å². The molecular weight excluding hydrogens is 264 g/mol. The van der Waals surface area contributed by atoms with Crippen LogP contribution in [-0.4, -0.2) is 23.3 Å². The maximum Gasteiger partial charge on any atom is 0.303 e. The van der Waals surface area contributed by atoms with E-state index in [-0.39, 0.29) is 0 Å².